The lowest BCUT2D eigenvalue weighted by Gasteiger charge is -2.30. The van der Waals surface area contributed by atoms with Crippen molar-refractivity contribution in [1.82, 2.24) is 9.88 Å². The van der Waals surface area contributed by atoms with Gasteiger partial charge in [-0.25, -0.2) is 9.37 Å². The van der Waals surface area contributed by atoms with Gasteiger partial charge in [0.1, 0.15) is 5.82 Å². The first kappa shape index (κ1) is 18.4. The number of nitrogens with zero attached hydrogens (tertiary/aromatic N) is 3. The molecule has 2 fully saturated rings. The second-order valence-electron chi connectivity index (χ2n) is 6.80. The van der Waals surface area contributed by atoms with Gasteiger partial charge in [-0.05, 0) is 55.3 Å². The van der Waals surface area contributed by atoms with Crippen LogP contribution in [0.4, 0.5) is 9.52 Å². The van der Waals surface area contributed by atoms with Crippen molar-refractivity contribution in [2.45, 2.75) is 45.1 Å². The summed E-state index contributed by atoms with van der Waals surface area (Å²) in [5.74, 6) is -0.295. The highest BCUT2D eigenvalue weighted by molar-refractivity contribution is 8.18. The van der Waals surface area contributed by atoms with Gasteiger partial charge >= 0.3 is 0 Å². The van der Waals surface area contributed by atoms with Gasteiger partial charge in [0.05, 0.1) is 10.6 Å². The molecule has 0 N–H and O–H groups in total. The average molecular weight is 402 g/mol. The summed E-state index contributed by atoms with van der Waals surface area (Å²) in [5, 5.41) is 3.34. The Morgan fingerprint density at radius 1 is 1.22 bits per heavy atom. The Balaban J connectivity index is 1.68. The van der Waals surface area contributed by atoms with Gasteiger partial charge in [0.25, 0.3) is 5.91 Å². The summed E-state index contributed by atoms with van der Waals surface area (Å²) in [4.78, 5) is 24.7. The summed E-state index contributed by atoms with van der Waals surface area (Å²) in [5.41, 5.74) is 1.74. The average Bonchev–Trinajstić information content (AvgIpc) is 3.21. The molecule has 0 bridgehead atoms. The lowest BCUT2D eigenvalue weighted by Crippen LogP contribution is -2.40. The maximum Gasteiger partial charge on any atom is 0.267 e. The number of hydrogen-bond donors (Lipinski definition) is 0. The fraction of sp³-hybridized carbons (Fsp3) is 0.350. The van der Waals surface area contributed by atoms with Crippen LogP contribution >= 0.6 is 23.1 Å². The Bertz CT molecular complexity index is 898. The summed E-state index contributed by atoms with van der Waals surface area (Å²) in [7, 11) is 0. The van der Waals surface area contributed by atoms with E-state index in [1.807, 2.05) is 23.3 Å². The smallest absolute Gasteiger partial charge is 0.267 e. The topological polar surface area (TPSA) is 45.6 Å². The highest BCUT2D eigenvalue weighted by Crippen LogP contribution is 2.38. The van der Waals surface area contributed by atoms with Crippen molar-refractivity contribution in [3.8, 4) is 0 Å². The molecule has 1 aromatic heterocycles. The number of halogens is 1. The first-order valence-corrected chi connectivity index (χ1v) is 10.8. The number of aromatic nitrogens is 1. The Hall–Kier alpha value is -1.99. The van der Waals surface area contributed by atoms with E-state index in [0.29, 0.717) is 15.2 Å². The number of carbonyl (C=O) groups excluding carboxylic acids is 1. The van der Waals surface area contributed by atoms with Crippen molar-refractivity contribution < 1.29 is 9.18 Å². The summed E-state index contributed by atoms with van der Waals surface area (Å²) >= 11 is 2.87. The van der Waals surface area contributed by atoms with Gasteiger partial charge in [-0.3, -0.25) is 9.69 Å². The first-order chi connectivity index (χ1) is 13.1. The van der Waals surface area contributed by atoms with E-state index in [1.165, 1.54) is 41.7 Å². The number of aryl methyl sites for hydroxylation is 1. The molecule has 4 rings (SSSR count). The van der Waals surface area contributed by atoms with Gasteiger partial charge in [-0.15, -0.1) is 11.3 Å². The van der Waals surface area contributed by atoms with E-state index in [9.17, 15) is 9.18 Å². The molecule has 27 heavy (non-hydrogen) atoms. The van der Waals surface area contributed by atoms with Crippen LogP contribution in [0.5, 0.6) is 0 Å². The molecule has 1 aliphatic carbocycles. The summed E-state index contributed by atoms with van der Waals surface area (Å²) < 4.78 is 13.2. The maximum absolute atomic E-state index is 13.2. The van der Waals surface area contributed by atoms with Crippen molar-refractivity contribution in [3.63, 3.8) is 0 Å². The number of rotatable bonds is 3. The van der Waals surface area contributed by atoms with Crippen LogP contribution in [0.1, 0.15) is 43.4 Å². The van der Waals surface area contributed by atoms with E-state index in [4.69, 9.17) is 0 Å². The quantitative estimate of drug-likeness (QED) is 0.636. The van der Waals surface area contributed by atoms with Crippen molar-refractivity contribution in [2.24, 2.45) is 4.99 Å². The Morgan fingerprint density at radius 2 is 1.96 bits per heavy atom. The fourth-order valence-corrected chi connectivity index (χ4v) is 5.17. The lowest BCUT2D eigenvalue weighted by molar-refractivity contribution is -0.124. The molecule has 1 amide bonds. The molecule has 2 heterocycles. The number of thiazole rings is 1. The Kier molecular flexibility index (Phi) is 5.41. The molecular weight excluding hydrogens is 381 g/mol. The minimum atomic E-state index is -0.284. The molecule has 0 unspecified atom stereocenters. The highest BCUT2D eigenvalue weighted by Gasteiger charge is 2.38. The zero-order valence-electron chi connectivity index (χ0n) is 15.0. The second-order valence-corrected chi connectivity index (χ2v) is 8.64. The van der Waals surface area contributed by atoms with Gasteiger partial charge in [0.15, 0.2) is 5.17 Å². The third-order valence-corrected chi connectivity index (χ3v) is 6.58. The van der Waals surface area contributed by atoms with Crippen LogP contribution in [0.2, 0.25) is 0 Å². The molecule has 0 spiro atoms. The van der Waals surface area contributed by atoms with Gasteiger partial charge in [0, 0.05) is 11.4 Å². The molecular formula is C20H20FN3OS2. The number of thioether (sulfide) groups is 1. The standard InChI is InChI=1S/C20H20FN3OS2/c1-13-12-26-19(22-13)23-20-24(16-5-3-2-4-6-16)18(25)17(27-20)11-14-7-9-15(21)10-8-14/h7-12,16H,2-6H2,1H3/b17-11-,23-20+. The van der Waals surface area contributed by atoms with E-state index in [-0.39, 0.29) is 17.8 Å². The third-order valence-electron chi connectivity index (χ3n) is 4.74. The minimum absolute atomic E-state index is 0.0109. The van der Waals surface area contributed by atoms with Crippen LogP contribution in [-0.4, -0.2) is 27.0 Å². The van der Waals surface area contributed by atoms with E-state index >= 15 is 0 Å². The van der Waals surface area contributed by atoms with Crippen LogP contribution in [0.15, 0.2) is 39.5 Å². The van der Waals surface area contributed by atoms with Crippen LogP contribution in [0.25, 0.3) is 6.08 Å². The molecule has 0 atom stereocenters. The second kappa shape index (κ2) is 7.94. The summed E-state index contributed by atoms with van der Waals surface area (Å²) in [6.45, 7) is 1.94. The molecule has 2 aromatic rings. The minimum Gasteiger partial charge on any atom is -0.283 e. The highest BCUT2D eigenvalue weighted by atomic mass is 32.2. The van der Waals surface area contributed by atoms with E-state index in [0.717, 1.165) is 36.9 Å². The van der Waals surface area contributed by atoms with Crippen LogP contribution in [0, 0.1) is 12.7 Å². The Labute approximate surface area is 166 Å². The van der Waals surface area contributed by atoms with Crippen LogP contribution in [-0.2, 0) is 4.79 Å². The zero-order chi connectivity index (χ0) is 18.8. The van der Waals surface area contributed by atoms with Crippen molar-refractivity contribution in [2.75, 3.05) is 0 Å². The molecule has 140 valence electrons. The summed E-state index contributed by atoms with van der Waals surface area (Å²) in [6.07, 6.45) is 7.33. The largest absolute Gasteiger partial charge is 0.283 e. The number of carbonyl (C=O) groups is 1. The van der Waals surface area contributed by atoms with E-state index < -0.39 is 0 Å². The molecule has 2 aliphatic rings. The van der Waals surface area contributed by atoms with Gasteiger partial charge in [-0.1, -0.05) is 31.4 Å². The normalized spacial score (nSPS) is 21.6. The SMILES string of the molecule is Cc1csc(/N=C2/S/C(=C\c3ccc(F)cc3)C(=O)N2C2CCCCC2)n1. The number of aliphatic imine (C=N–C) groups is 1. The Morgan fingerprint density at radius 3 is 2.63 bits per heavy atom. The maximum atomic E-state index is 13.2. The molecule has 1 aromatic carbocycles. The molecule has 7 heteroatoms. The molecule has 1 aliphatic heterocycles. The molecule has 0 radical (unpaired) electrons. The van der Waals surface area contributed by atoms with E-state index in [1.54, 1.807) is 12.1 Å². The number of hydrogen-bond acceptors (Lipinski definition) is 5. The number of amides is 1. The van der Waals surface area contributed by atoms with Crippen molar-refractivity contribution in [3.05, 3.63) is 51.6 Å². The number of benzene rings is 1. The van der Waals surface area contributed by atoms with Gasteiger partial charge in [-0.2, -0.15) is 4.99 Å². The monoisotopic (exact) mass is 401 g/mol. The van der Waals surface area contributed by atoms with Gasteiger partial charge < -0.3 is 0 Å². The van der Waals surface area contributed by atoms with Crippen LogP contribution < -0.4 is 0 Å². The molecule has 1 saturated carbocycles. The summed E-state index contributed by atoms with van der Waals surface area (Å²) in [6, 6.07) is 6.37. The first-order valence-electron chi connectivity index (χ1n) is 9.09. The zero-order valence-corrected chi connectivity index (χ0v) is 16.7. The molecule has 4 nitrogen and oxygen atoms in total. The van der Waals surface area contributed by atoms with Crippen molar-refractivity contribution >= 4 is 45.4 Å². The number of amidine groups is 1. The molecule has 1 saturated heterocycles. The lowest BCUT2D eigenvalue weighted by atomic mass is 9.94. The predicted molar refractivity (Wildman–Crippen MR) is 110 cm³/mol. The predicted octanol–water partition coefficient (Wildman–Crippen LogP) is 5.53. The van der Waals surface area contributed by atoms with Crippen molar-refractivity contribution in [1.29, 1.82) is 0 Å². The fourth-order valence-electron chi connectivity index (χ4n) is 3.41. The third kappa shape index (κ3) is 4.14. The van der Waals surface area contributed by atoms with Gasteiger partial charge in [0.2, 0.25) is 5.13 Å². The van der Waals surface area contributed by atoms with Crippen LogP contribution in [0.3, 0.4) is 0 Å². The van der Waals surface area contributed by atoms with E-state index in [2.05, 4.69) is 9.98 Å².